The SMILES string of the molecule is COC(=O)C(CC1COC1)c1ccco1. The molecule has 1 aliphatic heterocycles. The van der Waals surface area contributed by atoms with Crippen molar-refractivity contribution in [3.8, 4) is 0 Å². The Morgan fingerprint density at radius 1 is 1.67 bits per heavy atom. The van der Waals surface area contributed by atoms with E-state index in [-0.39, 0.29) is 11.9 Å². The largest absolute Gasteiger partial charge is 0.468 e. The molecule has 0 saturated carbocycles. The van der Waals surface area contributed by atoms with Crippen LogP contribution in [0.2, 0.25) is 0 Å². The van der Waals surface area contributed by atoms with Crippen LogP contribution in [0.15, 0.2) is 22.8 Å². The van der Waals surface area contributed by atoms with Crippen LogP contribution in [0.1, 0.15) is 18.1 Å². The van der Waals surface area contributed by atoms with Gasteiger partial charge in [-0.15, -0.1) is 0 Å². The molecule has 0 N–H and O–H groups in total. The van der Waals surface area contributed by atoms with Gasteiger partial charge in [0.05, 0.1) is 26.6 Å². The Bertz CT molecular complexity index is 313. The molecule has 0 radical (unpaired) electrons. The Balaban J connectivity index is 2.05. The molecule has 0 spiro atoms. The number of hydrogen-bond acceptors (Lipinski definition) is 4. The molecule has 1 atom stereocenters. The maximum Gasteiger partial charge on any atom is 0.316 e. The first-order valence-electron chi connectivity index (χ1n) is 5.00. The van der Waals surface area contributed by atoms with Gasteiger partial charge >= 0.3 is 5.97 Å². The monoisotopic (exact) mass is 210 g/mol. The minimum absolute atomic E-state index is 0.239. The fourth-order valence-electron chi connectivity index (χ4n) is 1.71. The molecular formula is C11H14O4. The normalized spacial score (nSPS) is 18.2. The minimum Gasteiger partial charge on any atom is -0.468 e. The Hall–Kier alpha value is -1.29. The van der Waals surface area contributed by atoms with Crippen molar-refractivity contribution in [1.29, 1.82) is 0 Å². The molecule has 82 valence electrons. The number of esters is 1. The minimum atomic E-state index is -0.293. The molecule has 1 fully saturated rings. The molecule has 2 rings (SSSR count). The van der Waals surface area contributed by atoms with Gasteiger partial charge in [-0.25, -0.2) is 0 Å². The number of furan rings is 1. The highest BCUT2D eigenvalue weighted by atomic mass is 16.5. The molecule has 0 aliphatic carbocycles. The van der Waals surface area contributed by atoms with E-state index in [4.69, 9.17) is 13.9 Å². The van der Waals surface area contributed by atoms with E-state index in [9.17, 15) is 4.79 Å². The average molecular weight is 210 g/mol. The molecule has 4 nitrogen and oxygen atoms in total. The zero-order chi connectivity index (χ0) is 10.7. The van der Waals surface area contributed by atoms with Crippen LogP contribution in [0, 0.1) is 5.92 Å². The lowest BCUT2D eigenvalue weighted by atomic mass is 9.91. The summed E-state index contributed by atoms with van der Waals surface area (Å²) in [5.41, 5.74) is 0. The molecule has 0 bridgehead atoms. The molecular weight excluding hydrogens is 196 g/mol. The van der Waals surface area contributed by atoms with Gasteiger partial charge in [0.1, 0.15) is 11.7 Å². The standard InChI is InChI=1S/C11H14O4/c1-13-11(12)9(5-8-6-14-7-8)10-3-2-4-15-10/h2-4,8-9H,5-7H2,1H3. The molecule has 1 unspecified atom stereocenters. The number of ether oxygens (including phenoxy) is 2. The molecule has 1 saturated heterocycles. The van der Waals surface area contributed by atoms with Gasteiger partial charge in [0.2, 0.25) is 0 Å². The van der Waals surface area contributed by atoms with E-state index in [0.29, 0.717) is 11.7 Å². The van der Waals surface area contributed by atoms with Gasteiger partial charge in [0.15, 0.2) is 0 Å². The second-order valence-electron chi connectivity index (χ2n) is 3.73. The van der Waals surface area contributed by atoms with Crippen molar-refractivity contribution in [2.24, 2.45) is 5.92 Å². The summed E-state index contributed by atoms with van der Waals surface area (Å²) in [7, 11) is 1.40. The zero-order valence-electron chi connectivity index (χ0n) is 8.64. The fourth-order valence-corrected chi connectivity index (χ4v) is 1.71. The van der Waals surface area contributed by atoms with Crippen molar-refractivity contribution in [2.45, 2.75) is 12.3 Å². The Morgan fingerprint density at radius 2 is 2.47 bits per heavy atom. The van der Waals surface area contributed by atoms with E-state index in [2.05, 4.69) is 0 Å². The topological polar surface area (TPSA) is 48.7 Å². The second-order valence-corrected chi connectivity index (χ2v) is 3.73. The molecule has 0 amide bonds. The first-order valence-corrected chi connectivity index (χ1v) is 5.00. The lowest BCUT2D eigenvalue weighted by molar-refractivity contribution is -0.144. The van der Waals surface area contributed by atoms with Crippen LogP contribution >= 0.6 is 0 Å². The number of hydrogen-bond donors (Lipinski definition) is 0. The van der Waals surface area contributed by atoms with Gasteiger partial charge in [-0.05, 0) is 18.6 Å². The van der Waals surface area contributed by atoms with E-state index >= 15 is 0 Å². The maximum absolute atomic E-state index is 11.6. The van der Waals surface area contributed by atoms with Crippen LogP contribution in [0.5, 0.6) is 0 Å². The molecule has 4 heteroatoms. The van der Waals surface area contributed by atoms with Gasteiger partial charge in [-0.2, -0.15) is 0 Å². The Morgan fingerprint density at radius 3 is 2.93 bits per heavy atom. The summed E-state index contributed by atoms with van der Waals surface area (Å²) < 4.78 is 15.1. The van der Waals surface area contributed by atoms with E-state index < -0.39 is 0 Å². The predicted octanol–water partition coefficient (Wildman–Crippen LogP) is 1.57. The van der Waals surface area contributed by atoms with Crippen molar-refractivity contribution in [3.63, 3.8) is 0 Å². The van der Waals surface area contributed by atoms with E-state index in [1.54, 1.807) is 18.4 Å². The summed E-state index contributed by atoms with van der Waals surface area (Å²) >= 11 is 0. The molecule has 2 heterocycles. The van der Waals surface area contributed by atoms with Gasteiger partial charge in [0, 0.05) is 5.92 Å². The predicted molar refractivity (Wildman–Crippen MR) is 52.4 cm³/mol. The zero-order valence-corrected chi connectivity index (χ0v) is 8.64. The molecule has 15 heavy (non-hydrogen) atoms. The van der Waals surface area contributed by atoms with E-state index in [1.165, 1.54) is 7.11 Å². The summed E-state index contributed by atoms with van der Waals surface area (Å²) in [5, 5.41) is 0. The highest BCUT2D eigenvalue weighted by Gasteiger charge is 2.30. The summed E-state index contributed by atoms with van der Waals surface area (Å²) in [6, 6.07) is 3.59. The van der Waals surface area contributed by atoms with Crippen LogP contribution in [0.3, 0.4) is 0 Å². The third-order valence-corrected chi connectivity index (χ3v) is 2.65. The lowest BCUT2D eigenvalue weighted by Gasteiger charge is -2.28. The van der Waals surface area contributed by atoms with Crippen LogP contribution in [0.4, 0.5) is 0 Å². The first kappa shape index (κ1) is 10.2. The first-order chi connectivity index (χ1) is 7.31. The summed E-state index contributed by atoms with van der Waals surface area (Å²) in [6.45, 7) is 1.46. The smallest absolute Gasteiger partial charge is 0.316 e. The van der Waals surface area contributed by atoms with Crippen LogP contribution < -0.4 is 0 Å². The quantitative estimate of drug-likeness (QED) is 0.708. The molecule has 1 aromatic rings. The van der Waals surface area contributed by atoms with Crippen molar-refractivity contribution in [1.82, 2.24) is 0 Å². The number of carbonyl (C=O) groups excluding carboxylic acids is 1. The van der Waals surface area contributed by atoms with Gasteiger partial charge in [-0.1, -0.05) is 0 Å². The third kappa shape index (κ3) is 2.21. The molecule has 1 aliphatic rings. The van der Waals surface area contributed by atoms with Crippen LogP contribution in [-0.2, 0) is 14.3 Å². The van der Waals surface area contributed by atoms with Crippen molar-refractivity contribution in [2.75, 3.05) is 20.3 Å². The summed E-state index contributed by atoms with van der Waals surface area (Å²) in [4.78, 5) is 11.6. The maximum atomic E-state index is 11.6. The van der Waals surface area contributed by atoms with Gasteiger partial charge in [-0.3, -0.25) is 4.79 Å². The summed E-state index contributed by atoms with van der Waals surface area (Å²) in [5.74, 6) is 0.587. The van der Waals surface area contributed by atoms with Crippen molar-refractivity contribution in [3.05, 3.63) is 24.2 Å². The number of carbonyl (C=O) groups is 1. The van der Waals surface area contributed by atoms with E-state index in [1.807, 2.05) is 0 Å². The van der Waals surface area contributed by atoms with E-state index in [0.717, 1.165) is 19.6 Å². The third-order valence-electron chi connectivity index (χ3n) is 2.65. The average Bonchev–Trinajstić information content (AvgIpc) is 2.68. The van der Waals surface area contributed by atoms with Crippen LogP contribution in [0.25, 0.3) is 0 Å². The van der Waals surface area contributed by atoms with Crippen LogP contribution in [-0.4, -0.2) is 26.3 Å². The lowest BCUT2D eigenvalue weighted by Crippen LogP contribution is -2.31. The number of methoxy groups -OCH3 is 1. The van der Waals surface area contributed by atoms with Crippen molar-refractivity contribution >= 4 is 5.97 Å². The van der Waals surface area contributed by atoms with Gasteiger partial charge < -0.3 is 13.9 Å². The fraction of sp³-hybridized carbons (Fsp3) is 0.545. The Kier molecular flexibility index (Phi) is 3.06. The van der Waals surface area contributed by atoms with Crippen molar-refractivity contribution < 1.29 is 18.7 Å². The molecule has 0 aromatic carbocycles. The number of rotatable bonds is 4. The highest BCUT2D eigenvalue weighted by molar-refractivity contribution is 5.77. The molecule has 1 aromatic heterocycles. The summed E-state index contributed by atoms with van der Waals surface area (Å²) in [6.07, 6.45) is 2.31. The Labute approximate surface area is 88.2 Å². The second kappa shape index (κ2) is 4.49. The van der Waals surface area contributed by atoms with Gasteiger partial charge in [0.25, 0.3) is 0 Å². The highest BCUT2D eigenvalue weighted by Crippen LogP contribution is 2.28.